The van der Waals surface area contributed by atoms with E-state index in [9.17, 15) is 9.18 Å². The van der Waals surface area contributed by atoms with Crippen LogP contribution in [0.4, 0.5) is 10.1 Å². The zero-order chi connectivity index (χ0) is 14.5. The van der Waals surface area contributed by atoms with E-state index in [0.29, 0.717) is 10.7 Å². The van der Waals surface area contributed by atoms with Gasteiger partial charge in [-0.2, -0.15) is 0 Å². The number of carbonyl (C=O) groups is 1. The predicted molar refractivity (Wildman–Crippen MR) is 81.9 cm³/mol. The van der Waals surface area contributed by atoms with Gasteiger partial charge in [0, 0.05) is 15.6 Å². The maximum absolute atomic E-state index is 12.7. The number of hydrogen-bond acceptors (Lipinski definition) is 2. The van der Waals surface area contributed by atoms with E-state index < -0.39 is 0 Å². The summed E-state index contributed by atoms with van der Waals surface area (Å²) in [5, 5.41) is 3.39. The van der Waals surface area contributed by atoms with E-state index >= 15 is 0 Å². The van der Waals surface area contributed by atoms with Crippen LogP contribution in [0.25, 0.3) is 0 Å². The van der Waals surface area contributed by atoms with Gasteiger partial charge in [-0.25, -0.2) is 4.39 Å². The third-order valence-electron chi connectivity index (χ3n) is 2.64. The second-order valence-corrected chi connectivity index (χ2v) is 5.71. The molecule has 0 saturated heterocycles. The van der Waals surface area contributed by atoms with Gasteiger partial charge in [0.05, 0.1) is 5.75 Å². The van der Waals surface area contributed by atoms with Gasteiger partial charge in [0.25, 0.3) is 0 Å². The van der Waals surface area contributed by atoms with Crippen LogP contribution >= 0.6 is 23.4 Å². The number of halogens is 2. The van der Waals surface area contributed by atoms with Gasteiger partial charge in [0.2, 0.25) is 5.91 Å². The molecule has 2 nitrogen and oxygen atoms in total. The number of nitrogens with one attached hydrogen (secondary N) is 1. The molecule has 0 radical (unpaired) electrons. The largest absolute Gasteiger partial charge is 0.325 e. The first-order valence-corrected chi connectivity index (χ1v) is 7.35. The summed E-state index contributed by atoms with van der Waals surface area (Å²) in [7, 11) is 0. The van der Waals surface area contributed by atoms with Crippen LogP contribution in [-0.2, 0) is 4.79 Å². The van der Waals surface area contributed by atoms with Crippen molar-refractivity contribution < 1.29 is 9.18 Å². The summed E-state index contributed by atoms with van der Waals surface area (Å²) in [5.74, 6) is -0.149. The summed E-state index contributed by atoms with van der Waals surface area (Å²) in [5.41, 5.74) is 1.63. The summed E-state index contributed by atoms with van der Waals surface area (Å²) in [6.45, 7) is 1.90. The molecule has 0 fully saturated rings. The van der Waals surface area contributed by atoms with Crippen LogP contribution in [-0.4, -0.2) is 11.7 Å². The second kappa shape index (κ2) is 6.77. The Labute approximate surface area is 126 Å². The van der Waals surface area contributed by atoms with Crippen LogP contribution in [0.3, 0.4) is 0 Å². The van der Waals surface area contributed by atoms with E-state index in [1.165, 1.54) is 23.9 Å². The van der Waals surface area contributed by atoms with E-state index in [1.807, 2.05) is 19.1 Å². The van der Waals surface area contributed by atoms with Crippen LogP contribution in [0.1, 0.15) is 5.56 Å². The van der Waals surface area contributed by atoms with Gasteiger partial charge in [-0.1, -0.05) is 17.7 Å². The molecule has 0 unspecified atom stereocenters. The quantitative estimate of drug-likeness (QED) is 0.841. The Hall–Kier alpha value is -1.52. The highest BCUT2D eigenvalue weighted by Gasteiger charge is 2.05. The van der Waals surface area contributed by atoms with Crippen LogP contribution in [0.15, 0.2) is 47.4 Å². The molecule has 0 aliphatic heterocycles. The van der Waals surface area contributed by atoms with Crippen LogP contribution in [0.2, 0.25) is 5.02 Å². The van der Waals surface area contributed by atoms with Crippen molar-refractivity contribution >= 4 is 35.0 Å². The van der Waals surface area contributed by atoms with Gasteiger partial charge in [-0.15, -0.1) is 11.8 Å². The Bertz CT molecular complexity index is 616. The van der Waals surface area contributed by atoms with Crippen molar-refractivity contribution in [2.45, 2.75) is 11.8 Å². The lowest BCUT2D eigenvalue weighted by atomic mass is 10.2. The number of thioether (sulfide) groups is 1. The van der Waals surface area contributed by atoms with Crippen molar-refractivity contribution in [2.75, 3.05) is 11.1 Å². The van der Waals surface area contributed by atoms with Crippen molar-refractivity contribution in [3.05, 3.63) is 58.9 Å². The summed E-state index contributed by atoms with van der Waals surface area (Å²) < 4.78 is 12.7. The maximum atomic E-state index is 12.7. The Morgan fingerprint density at radius 1 is 1.25 bits per heavy atom. The minimum Gasteiger partial charge on any atom is -0.325 e. The number of hydrogen-bond donors (Lipinski definition) is 1. The second-order valence-electron chi connectivity index (χ2n) is 4.25. The van der Waals surface area contributed by atoms with E-state index in [1.54, 1.807) is 18.2 Å². The van der Waals surface area contributed by atoms with Gasteiger partial charge >= 0.3 is 0 Å². The first-order chi connectivity index (χ1) is 9.54. The Kier molecular flexibility index (Phi) is 5.04. The minimum absolute atomic E-state index is 0.126. The Morgan fingerprint density at radius 2 is 1.95 bits per heavy atom. The van der Waals surface area contributed by atoms with Crippen LogP contribution < -0.4 is 5.32 Å². The summed E-state index contributed by atoms with van der Waals surface area (Å²) >= 11 is 7.35. The molecule has 1 amide bonds. The normalized spacial score (nSPS) is 10.3. The summed E-state index contributed by atoms with van der Waals surface area (Å²) in [6.07, 6.45) is 0. The molecule has 0 saturated carbocycles. The van der Waals surface area contributed by atoms with Gasteiger partial charge in [0.1, 0.15) is 5.82 Å². The molecule has 0 aliphatic rings. The molecule has 0 aromatic heterocycles. The van der Waals surface area contributed by atoms with Crippen molar-refractivity contribution in [3.63, 3.8) is 0 Å². The highest BCUT2D eigenvalue weighted by Crippen LogP contribution is 2.21. The van der Waals surface area contributed by atoms with Crippen molar-refractivity contribution in [3.8, 4) is 0 Å². The van der Waals surface area contributed by atoms with Crippen LogP contribution in [0.5, 0.6) is 0 Å². The summed E-state index contributed by atoms with van der Waals surface area (Å²) in [4.78, 5) is 12.7. The number of aryl methyl sites for hydroxylation is 1. The third kappa shape index (κ3) is 4.25. The van der Waals surface area contributed by atoms with E-state index in [0.717, 1.165) is 10.5 Å². The molecule has 0 atom stereocenters. The molecule has 20 heavy (non-hydrogen) atoms. The zero-order valence-electron chi connectivity index (χ0n) is 10.8. The zero-order valence-corrected chi connectivity index (χ0v) is 12.4. The number of anilines is 1. The number of benzene rings is 2. The number of rotatable bonds is 4. The van der Waals surface area contributed by atoms with Crippen molar-refractivity contribution in [1.82, 2.24) is 0 Å². The summed E-state index contributed by atoms with van der Waals surface area (Å²) in [6, 6.07) is 11.4. The smallest absolute Gasteiger partial charge is 0.234 e. The maximum Gasteiger partial charge on any atom is 0.234 e. The Balaban J connectivity index is 1.89. The molecule has 2 aromatic carbocycles. The SMILES string of the molecule is Cc1ccc(NC(=O)CSc2ccc(F)cc2)cc1Cl. The average molecular weight is 310 g/mol. The molecule has 0 spiro atoms. The fourth-order valence-corrected chi connectivity index (χ4v) is 2.43. The first-order valence-electron chi connectivity index (χ1n) is 5.99. The predicted octanol–water partition coefficient (Wildman–Crippen LogP) is 4.52. The fourth-order valence-electron chi connectivity index (χ4n) is 1.55. The topological polar surface area (TPSA) is 29.1 Å². The van der Waals surface area contributed by atoms with E-state index in [4.69, 9.17) is 11.6 Å². The average Bonchev–Trinajstić information content (AvgIpc) is 2.42. The molecule has 1 N–H and O–H groups in total. The molecule has 104 valence electrons. The molecule has 0 bridgehead atoms. The molecule has 0 aliphatic carbocycles. The Morgan fingerprint density at radius 3 is 2.60 bits per heavy atom. The molecule has 2 rings (SSSR count). The van der Waals surface area contributed by atoms with E-state index in [-0.39, 0.29) is 17.5 Å². The molecular weight excluding hydrogens is 297 g/mol. The lowest BCUT2D eigenvalue weighted by Crippen LogP contribution is -2.13. The third-order valence-corrected chi connectivity index (χ3v) is 4.06. The van der Waals surface area contributed by atoms with E-state index in [2.05, 4.69) is 5.32 Å². The highest BCUT2D eigenvalue weighted by molar-refractivity contribution is 8.00. The number of carbonyl (C=O) groups excluding carboxylic acids is 1. The lowest BCUT2D eigenvalue weighted by Gasteiger charge is -2.07. The van der Waals surface area contributed by atoms with Gasteiger partial charge in [0.15, 0.2) is 0 Å². The molecule has 2 aromatic rings. The van der Waals surface area contributed by atoms with Gasteiger partial charge in [-0.3, -0.25) is 4.79 Å². The monoisotopic (exact) mass is 309 g/mol. The van der Waals surface area contributed by atoms with Crippen molar-refractivity contribution in [1.29, 1.82) is 0 Å². The number of amides is 1. The van der Waals surface area contributed by atoms with Gasteiger partial charge in [-0.05, 0) is 48.9 Å². The van der Waals surface area contributed by atoms with Crippen molar-refractivity contribution in [2.24, 2.45) is 0 Å². The van der Waals surface area contributed by atoms with Gasteiger partial charge < -0.3 is 5.32 Å². The lowest BCUT2D eigenvalue weighted by molar-refractivity contribution is -0.113. The first kappa shape index (κ1) is 14.9. The molecule has 0 heterocycles. The minimum atomic E-state index is -0.284. The standard InChI is InChI=1S/C15H13ClFNOS/c1-10-2-5-12(8-14(10)16)18-15(19)9-20-13-6-3-11(17)4-7-13/h2-8H,9H2,1H3,(H,18,19). The molecular formula is C15H13ClFNOS. The highest BCUT2D eigenvalue weighted by atomic mass is 35.5. The van der Waals surface area contributed by atoms with Crippen LogP contribution in [0, 0.1) is 12.7 Å². The fraction of sp³-hybridized carbons (Fsp3) is 0.133. The molecule has 5 heteroatoms.